The van der Waals surface area contributed by atoms with Crippen LogP contribution in [0.1, 0.15) is 44.3 Å². The molecule has 7 heteroatoms. The molecule has 96 valence electrons. The van der Waals surface area contributed by atoms with Crippen molar-refractivity contribution in [2.45, 2.75) is 38.5 Å². The van der Waals surface area contributed by atoms with Gasteiger partial charge < -0.3 is 10.3 Å². The predicted molar refractivity (Wildman–Crippen MR) is 64.5 cm³/mol. The van der Waals surface area contributed by atoms with Gasteiger partial charge in [0, 0.05) is 5.92 Å². The van der Waals surface area contributed by atoms with Crippen molar-refractivity contribution in [3.8, 4) is 11.7 Å². The van der Waals surface area contributed by atoms with Crippen molar-refractivity contribution in [1.29, 1.82) is 0 Å². The molecule has 1 aliphatic carbocycles. The normalized spacial score (nSPS) is 24.3. The largest absolute Gasteiger partial charge is 0.366 e. The highest BCUT2D eigenvalue weighted by molar-refractivity contribution is 5.41. The maximum absolute atomic E-state index is 5.44. The van der Waals surface area contributed by atoms with Crippen molar-refractivity contribution in [2.24, 2.45) is 5.92 Å². The summed E-state index contributed by atoms with van der Waals surface area (Å²) in [6, 6.07) is 0. The lowest BCUT2D eigenvalue weighted by molar-refractivity contribution is 0.324. The fourth-order valence-corrected chi connectivity index (χ4v) is 2.54. The summed E-state index contributed by atoms with van der Waals surface area (Å²) in [5.74, 6) is 2.85. The van der Waals surface area contributed by atoms with Crippen LogP contribution in [0.25, 0.3) is 11.7 Å². The molecule has 0 radical (unpaired) electrons. The second-order valence-electron chi connectivity index (χ2n) is 4.97. The first kappa shape index (κ1) is 11.2. The van der Waals surface area contributed by atoms with Gasteiger partial charge in [-0.1, -0.05) is 24.9 Å². The van der Waals surface area contributed by atoms with Crippen molar-refractivity contribution in [1.82, 2.24) is 25.3 Å². The van der Waals surface area contributed by atoms with Crippen molar-refractivity contribution in [3.05, 3.63) is 5.82 Å². The molecule has 3 N–H and O–H groups in total. The Labute approximate surface area is 104 Å². The van der Waals surface area contributed by atoms with E-state index in [4.69, 9.17) is 10.3 Å². The summed E-state index contributed by atoms with van der Waals surface area (Å²) in [6.07, 6.45) is 4.77. The second kappa shape index (κ2) is 4.40. The lowest BCUT2D eigenvalue weighted by atomic mass is 9.82. The van der Waals surface area contributed by atoms with E-state index in [1.807, 2.05) is 0 Å². The zero-order chi connectivity index (χ0) is 12.5. The molecule has 3 rings (SSSR count). The van der Waals surface area contributed by atoms with E-state index in [2.05, 4.69) is 32.2 Å². The van der Waals surface area contributed by atoms with E-state index in [1.54, 1.807) is 0 Å². The van der Waals surface area contributed by atoms with Crippen LogP contribution < -0.4 is 5.73 Å². The maximum atomic E-state index is 5.44. The summed E-state index contributed by atoms with van der Waals surface area (Å²) in [5, 5.41) is 10.5. The van der Waals surface area contributed by atoms with Crippen LogP contribution in [0, 0.1) is 5.92 Å². The molecule has 18 heavy (non-hydrogen) atoms. The van der Waals surface area contributed by atoms with Crippen LogP contribution >= 0.6 is 0 Å². The van der Waals surface area contributed by atoms with E-state index < -0.39 is 0 Å². The molecule has 2 aromatic rings. The molecule has 0 amide bonds. The van der Waals surface area contributed by atoms with E-state index in [0.29, 0.717) is 17.6 Å². The topological polar surface area (TPSA) is 107 Å². The number of aromatic nitrogens is 5. The first-order valence-electron chi connectivity index (χ1n) is 6.24. The highest BCUT2D eigenvalue weighted by Gasteiger charge is 2.25. The fraction of sp³-hybridized carbons (Fsp3) is 0.636. The molecule has 1 aliphatic rings. The molecule has 0 bridgehead atoms. The molecule has 7 nitrogen and oxygen atoms in total. The van der Waals surface area contributed by atoms with Crippen LogP contribution in [0.15, 0.2) is 4.52 Å². The minimum Gasteiger partial charge on any atom is -0.366 e. The van der Waals surface area contributed by atoms with Crippen LogP contribution in [0.3, 0.4) is 0 Å². The van der Waals surface area contributed by atoms with Gasteiger partial charge in [-0.3, -0.25) is 5.10 Å². The molecule has 2 aromatic heterocycles. The van der Waals surface area contributed by atoms with Crippen LogP contribution in [0.4, 0.5) is 5.95 Å². The summed E-state index contributed by atoms with van der Waals surface area (Å²) < 4.78 is 5.20. The minimum absolute atomic E-state index is 0.177. The Morgan fingerprint density at radius 1 is 1.33 bits per heavy atom. The number of rotatable bonds is 2. The first-order valence-corrected chi connectivity index (χ1v) is 6.24. The Morgan fingerprint density at radius 3 is 2.94 bits per heavy atom. The average molecular weight is 248 g/mol. The fourth-order valence-electron chi connectivity index (χ4n) is 2.54. The van der Waals surface area contributed by atoms with Crippen LogP contribution in [-0.2, 0) is 0 Å². The Bertz CT molecular complexity index is 533. The third kappa shape index (κ3) is 2.07. The third-order valence-corrected chi connectivity index (χ3v) is 3.45. The van der Waals surface area contributed by atoms with Crippen molar-refractivity contribution >= 4 is 5.95 Å². The van der Waals surface area contributed by atoms with Crippen molar-refractivity contribution in [3.63, 3.8) is 0 Å². The number of nitrogens with one attached hydrogen (secondary N) is 1. The van der Waals surface area contributed by atoms with Gasteiger partial charge in [0.1, 0.15) is 0 Å². The summed E-state index contributed by atoms with van der Waals surface area (Å²) in [6.45, 7) is 2.27. The van der Waals surface area contributed by atoms with E-state index >= 15 is 0 Å². The van der Waals surface area contributed by atoms with E-state index in [-0.39, 0.29) is 5.95 Å². The second-order valence-corrected chi connectivity index (χ2v) is 4.97. The van der Waals surface area contributed by atoms with Crippen LogP contribution in [-0.4, -0.2) is 25.3 Å². The monoisotopic (exact) mass is 248 g/mol. The number of hydrogen-bond donors (Lipinski definition) is 2. The van der Waals surface area contributed by atoms with Crippen LogP contribution in [0.5, 0.6) is 0 Å². The zero-order valence-electron chi connectivity index (χ0n) is 10.3. The highest BCUT2D eigenvalue weighted by atomic mass is 16.5. The molecule has 0 aliphatic heterocycles. The van der Waals surface area contributed by atoms with Gasteiger partial charge in [-0.25, -0.2) is 0 Å². The van der Waals surface area contributed by atoms with Gasteiger partial charge in [0.25, 0.3) is 5.89 Å². The molecule has 1 fully saturated rings. The Kier molecular flexibility index (Phi) is 2.73. The summed E-state index contributed by atoms with van der Waals surface area (Å²) in [7, 11) is 0. The molecule has 2 heterocycles. The minimum atomic E-state index is 0.177. The zero-order valence-corrected chi connectivity index (χ0v) is 10.3. The van der Waals surface area contributed by atoms with Crippen molar-refractivity contribution in [2.75, 3.05) is 5.73 Å². The summed E-state index contributed by atoms with van der Waals surface area (Å²) in [5.41, 5.74) is 5.44. The molecular weight excluding hydrogens is 232 g/mol. The Morgan fingerprint density at radius 2 is 2.22 bits per heavy atom. The number of anilines is 1. The standard InChI is InChI=1S/C11H16N6O/c1-6-3-2-4-7(5-6)8-13-10(18-17-8)9-14-11(12)16-15-9/h6-7H,2-5H2,1H3,(H3,12,14,15,16). The van der Waals surface area contributed by atoms with Crippen LogP contribution in [0.2, 0.25) is 0 Å². The summed E-state index contributed by atoms with van der Waals surface area (Å²) >= 11 is 0. The molecule has 0 spiro atoms. The molecule has 2 unspecified atom stereocenters. The molecule has 0 saturated heterocycles. The highest BCUT2D eigenvalue weighted by Crippen LogP contribution is 2.34. The lowest BCUT2D eigenvalue weighted by Crippen LogP contribution is -2.12. The van der Waals surface area contributed by atoms with Gasteiger partial charge in [0.05, 0.1) is 0 Å². The smallest absolute Gasteiger partial charge is 0.295 e. The van der Waals surface area contributed by atoms with Gasteiger partial charge in [-0.2, -0.15) is 9.97 Å². The number of nitrogens with zero attached hydrogens (tertiary/aromatic N) is 4. The maximum Gasteiger partial charge on any atom is 0.295 e. The predicted octanol–water partition coefficient (Wildman–Crippen LogP) is 1.73. The van der Waals surface area contributed by atoms with E-state index in [9.17, 15) is 0 Å². The molecule has 1 saturated carbocycles. The first-order chi connectivity index (χ1) is 8.72. The Balaban J connectivity index is 1.80. The molecule has 2 atom stereocenters. The number of nitrogens with two attached hydrogens (primary N) is 1. The number of nitrogen functional groups attached to an aromatic ring is 1. The number of hydrogen-bond acceptors (Lipinski definition) is 6. The molecular formula is C11H16N6O. The Hall–Kier alpha value is -1.92. The van der Waals surface area contributed by atoms with Gasteiger partial charge >= 0.3 is 0 Å². The van der Waals surface area contributed by atoms with Gasteiger partial charge in [-0.05, 0) is 18.8 Å². The summed E-state index contributed by atoms with van der Waals surface area (Å²) in [4.78, 5) is 8.35. The van der Waals surface area contributed by atoms with E-state index in [0.717, 1.165) is 24.6 Å². The SMILES string of the molecule is CC1CCCC(c2noc(-c3nc(N)n[nH]3)n2)C1. The third-order valence-electron chi connectivity index (χ3n) is 3.45. The number of H-pyrrole nitrogens is 1. The van der Waals surface area contributed by atoms with Gasteiger partial charge in [0.15, 0.2) is 5.82 Å². The number of aromatic amines is 1. The molecule has 0 aromatic carbocycles. The average Bonchev–Trinajstić information content (AvgIpc) is 2.97. The van der Waals surface area contributed by atoms with E-state index in [1.165, 1.54) is 12.8 Å². The van der Waals surface area contributed by atoms with Gasteiger partial charge in [0.2, 0.25) is 11.8 Å². The quantitative estimate of drug-likeness (QED) is 0.838. The van der Waals surface area contributed by atoms with Crippen molar-refractivity contribution < 1.29 is 4.52 Å². The lowest BCUT2D eigenvalue weighted by Gasteiger charge is -2.23. The van der Waals surface area contributed by atoms with Gasteiger partial charge in [-0.15, -0.1) is 5.10 Å².